The first-order chi connectivity index (χ1) is 8.22. The predicted octanol–water partition coefficient (Wildman–Crippen LogP) is 4.63. The van der Waals surface area contributed by atoms with E-state index in [1.54, 1.807) is 0 Å². The summed E-state index contributed by atoms with van der Waals surface area (Å²) in [6.45, 7) is 6.88. The Hall–Kier alpha value is -0.340. The zero-order chi connectivity index (χ0) is 12.5. The van der Waals surface area contributed by atoms with Crippen LogP contribution in [0, 0.1) is 0 Å². The monoisotopic (exact) mass is 253 g/mol. The van der Waals surface area contributed by atoms with Crippen LogP contribution in [0.25, 0.3) is 0 Å². The van der Waals surface area contributed by atoms with Crippen molar-refractivity contribution >= 4 is 11.3 Å². The largest absolute Gasteiger partial charge is 0.311 e. The summed E-state index contributed by atoms with van der Waals surface area (Å²) in [5.41, 5.74) is 0. The van der Waals surface area contributed by atoms with E-state index in [0.29, 0.717) is 12.1 Å². The van der Waals surface area contributed by atoms with Gasteiger partial charge in [0.05, 0.1) is 0 Å². The molecule has 0 aromatic carbocycles. The molecule has 0 saturated heterocycles. The molecule has 0 bridgehead atoms. The molecule has 2 atom stereocenters. The molecule has 0 spiro atoms. The lowest BCUT2D eigenvalue weighted by molar-refractivity contribution is 0.429. The second-order valence-corrected chi connectivity index (χ2v) is 6.13. The molecule has 0 aliphatic rings. The Morgan fingerprint density at radius 2 is 2.00 bits per heavy atom. The third-order valence-corrected chi connectivity index (χ3v) is 4.05. The average Bonchev–Trinajstić information content (AvgIpc) is 2.77. The van der Waals surface area contributed by atoms with Crippen molar-refractivity contribution in [1.82, 2.24) is 5.32 Å². The lowest BCUT2D eigenvalue weighted by Gasteiger charge is -2.19. The zero-order valence-corrected chi connectivity index (χ0v) is 12.4. The quantitative estimate of drug-likeness (QED) is 0.633. The van der Waals surface area contributed by atoms with Gasteiger partial charge >= 0.3 is 0 Å². The summed E-state index contributed by atoms with van der Waals surface area (Å²) in [7, 11) is 0. The first-order valence-electron chi connectivity index (χ1n) is 7.00. The van der Waals surface area contributed by atoms with Crippen molar-refractivity contribution in [2.75, 3.05) is 0 Å². The molecule has 1 aromatic rings. The third-order valence-electron chi connectivity index (χ3n) is 3.15. The molecule has 1 nitrogen and oxygen atoms in total. The van der Waals surface area contributed by atoms with Gasteiger partial charge in [-0.3, -0.25) is 0 Å². The van der Waals surface area contributed by atoms with Crippen molar-refractivity contribution < 1.29 is 0 Å². The van der Waals surface area contributed by atoms with Crippen molar-refractivity contribution in [3.63, 3.8) is 0 Å². The summed E-state index contributed by atoms with van der Waals surface area (Å²) in [6.07, 6.45) is 7.95. The molecule has 0 aliphatic carbocycles. The van der Waals surface area contributed by atoms with Crippen LogP contribution in [0.2, 0.25) is 0 Å². The molecule has 0 aliphatic heterocycles. The van der Waals surface area contributed by atoms with Gasteiger partial charge in [0, 0.05) is 17.0 Å². The lowest BCUT2D eigenvalue weighted by Crippen LogP contribution is -2.35. The van der Waals surface area contributed by atoms with E-state index >= 15 is 0 Å². The molecule has 0 fully saturated rings. The van der Waals surface area contributed by atoms with Crippen molar-refractivity contribution in [2.24, 2.45) is 0 Å². The minimum Gasteiger partial charge on any atom is -0.311 e. The predicted molar refractivity (Wildman–Crippen MR) is 78.8 cm³/mol. The first-order valence-corrected chi connectivity index (χ1v) is 7.88. The number of unbranched alkanes of at least 4 members (excludes halogenated alkanes) is 3. The van der Waals surface area contributed by atoms with Crippen LogP contribution in [0.5, 0.6) is 0 Å². The van der Waals surface area contributed by atoms with Gasteiger partial charge < -0.3 is 5.32 Å². The van der Waals surface area contributed by atoms with Gasteiger partial charge in [-0.25, -0.2) is 0 Å². The fourth-order valence-electron chi connectivity index (χ4n) is 2.24. The Morgan fingerprint density at radius 3 is 2.65 bits per heavy atom. The van der Waals surface area contributed by atoms with E-state index in [1.165, 1.54) is 37.0 Å². The highest BCUT2D eigenvalue weighted by Crippen LogP contribution is 2.12. The molecular formula is C15H27NS. The summed E-state index contributed by atoms with van der Waals surface area (Å²) in [5, 5.41) is 5.86. The van der Waals surface area contributed by atoms with Gasteiger partial charge in [-0.1, -0.05) is 38.7 Å². The molecule has 0 amide bonds. The molecule has 17 heavy (non-hydrogen) atoms. The zero-order valence-electron chi connectivity index (χ0n) is 11.5. The number of hydrogen-bond donors (Lipinski definition) is 1. The second kappa shape index (κ2) is 8.71. The average molecular weight is 253 g/mol. The maximum atomic E-state index is 3.70. The van der Waals surface area contributed by atoms with Gasteiger partial charge in [0.15, 0.2) is 0 Å². The van der Waals surface area contributed by atoms with Crippen LogP contribution >= 0.6 is 11.3 Å². The number of hydrogen-bond acceptors (Lipinski definition) is 2. The second-order valence-electron chi connectivity index (χ2n) is 5.10. The third kappa shape index (κ3) is 6.85. The van der Waals surface area contributed by atoms with Crippen LogP contribution in [0.3, 0.4) is 0 Å². The summed E-state index contributed by atoms with van der Waals surface area (Å²) in [5.74, 6) is 0. The molecule has 98 valence electrons. The fraction of sp³-hybridized carbons (Fsp3) is 0.733. The van der Waals surface area contributed by atoms with Crippen LogP contribution in [0.4, 0.5) is 0 Å². The highest BCUT2D eigenvalue weighted by Gasteiger charge is 2.08. The Morgan fingerprint density at radius 1 is 1.18 bits per heavy atom. The van der Waals surface area contributed by atoms with E-state index in [4.69, 9.17) is 0 Å². The molecule has 0 saturated carbocycles. The topological polar surface area (TPSA) is 12.0 Å². The molecule has 1 rings (SSSR count). The van der Waals surface area contributed by atoms with Crippen LogP contribution in [0.15, 0.2) is 17.5 Å². The Bertz CT molecular complexity index is 268. The van der Waals surface area contributed by atoms with Crippen LogP contribution < -0.4 is 5.32 Å². The van der Waals surface area contributed by atoms with Crippen LogP contribution in [-0.4, -0.2) is 12.1 Å². The minimum atomic E-state index is 0.592. The maximum Gasteiger partial charge on any atom is 0.00894 e. The van der Waals surface area contributed by atoms with Gasteiger partial charge in [0.1, 0.15) is 0 Å². The number of nitrogens with one attached hydrogen (secondary N) is 1. The normalized spacial score (nSPS) is 14.8. The van der Waals surface area contributed by atoms with Gasteiger partial charge in [-0.05, 0) is 38.1 Å². The number of thiophene rings is 1. The van der Waals surface area contributed by atoms with Crippen molar-refractivity contribution in [1.29, 1.82) is 0 Å². The summed E-state index contributed by atoms with van der Waals surface area (Å²) >= 11 is 1.86. The van der Waals surface area contributed by atoms with Crippen LogP contribution in [-0.2, 0) is 6.42 Å². The van der Waals surface area contributed by atoms with Crippen LogP contribution in [0.1, 0.15) is 57.8 Å². The van der Waals surface area contributed by atoms with E-state index in [0.717, 1.165) is 6.42 Å². The van der Waals surface area contributed by atoms with Crippen molar-refractivity contribution in [3.8, 4) is 0 Å². The Balaban J connectivity index is 2.10. The van der Waals surface area contributed by atoms with E-state index in [9.17, 15) is 0 Å². The Kier molecular flexibility index (Phi) is 7.54. The summed E-state index contributed by atoms with van der Waals surface area (Å²) < 4.78 is 0. The molecular weight excluding hydrogens is 226 g/mol. The smallest absolute Gasteiger partial charge is 0.00894 e. The minimum absolute atomic E-state index is 0.592. The van der Waals surface area contributed by atoms with E-state index in [-0.39, 0.29) is 0 Å². The van der Waals surface area contributed by atoms with Gasteiger partial charge in [0.2, 0.25) is 0 Å². The molecule has 2 unspecified atom stereocenters. The lowest BCUT2D eigenvalue weighted by atomic mass is 10.1. The standard InChI is InChI=1S/C15H27NS/c1-4-5-6-7-9-13(2)16-14(3)12-15-10-8-11-17-15/h8,10-11,13-14,16H,4-7,9,12H2,1-3H3. The van der Waals surface area contributed by atoms with E-state index in [2.05, 4.69) is 43.6 Å². The molecule has 1 heterocycles. The molecule has 0 radical (unpaired) electrons. The van der Waals surface area contributed by atoms with E-state index in [1.807, 2.05) is 11.3 Å². The van der Waals surface area contributed by atoms with Crippen molar-refractivity contribution in [3.05, 3.63) is 22.4 Å². The van der Waals surface area contributed by atoms with Crippen molar-refractivity contribution in [2.45, 2.75) is 71.4 Å². The van der Waals surface area contributed by atoms with Gasteiger partial charge in [0.25, 0.3) is 0 Å². The maximum absolute atomic E-state index is 3.70. The first kappa shape index (κ1) is 14.7. The highest BCUT2D eigenvalue weighted by atomic mass is 32.1. The Labute approximate surface area is 111 Å². The van der Waals surface area contributed by atoms with Gasteiger partial charge in [-0.2, -0.15) is 0 Å². The molecule has 2 heteroatoms. The van der Waals surface area contributed by atoms with Gasteiger partial charge in [-0.15, -0.1) is 11.3 Å². The van der Waals surface area contributed by atoms with E-state index < -0.39 is 0 Å². The number of rotatable bonds is 9. The SMILES string of the molecule is CCCCCCC(C)NC(C)Cc1cccs1. The summed E-state index contributed by atoms with van der Waals surface area (Å²) in [6, 6.07) is 5.62. The highest BCUT2D eigenvalue weighted by molar-refractivity contribution is 7.09. The molecule has 1 N–H and O–H groups in total. The summed E-state index contributed by atoms with van der Waals surface area (Å²) in [4.78, 5) is 1.49. The fourth-order valence-corrected chi connectivity index (χ4v) is 3.07. The molecule has 1 aromatic heterocycles.